The fraction of sp³-hybridized carbons (Fsp3) is 0.310. The lowest BCUT2D eigenvalue weighted by Crippen LogP contribution is -2.15. The number of nitriles is 1. The third kappa shape index (κ3) is 6.27. The van der Waals surface area contributed by atoms with Crippen LogP contribution in [0.25, 0.3) is 5.69 Å². The van der Waals surface area contributed by atoms with Crippen LogP contribution in [0.1, 0.15) is 47.2 Å². The van der Waals surface area contributed by atoms with Gasteiger partial charge in [-0.05, 0) is 81.5 Å². The number of fused-ring (bicyclic) bond motifs is 1. The lowest BCUT2D eigenvalue weighted by molar-refractivity contribution is -0.113. The number of thiophene rings is 1. The number of ether oxygens (including phenoxy) is 1. The number of hydrogen-bond acceptors (Lipinski definition) is 8. The zero-order valence-electron chi connectivity index (χ0n) is 22.0. The summed E-state index contributed by atoms with van der Waals surface area (Å²) in [6.45, 7) is 5.06. The van der Waals surface area contributed by atoms with Crippen molar-refractivity contribution in [2.75, 3.05) is 23.0 Å². The van der Waals surface area contributed by atoms with Gasteiger partial charge in [-0.2, -0.15) is 5.26 Å². The van der Waals surface area contributed by atoms with E-state index in [0.717, 1.165) is 54.2 Å². The van der Waals surface area contributed by atoms with Gasteiger partial charge in [-0.3, -0.25) is 9.36 Å². The van der Waals surface area contributed by atoms with Crippen LogP contribution in [-0.4, -0.2) is 33.0 Å². The molecule has 1 aliphatic rings. The number of carbonyl (C=O) groups excluding carboxylic acids is 1. The zero-order chi connectivity index (χ0) is 27.2. The first kappa shape index (κ1) is 26.8. The van der Waals surface area contributed by atoms with Crippen molar-refractivity contribution in [2.45, 2.75) is 51.2 Å². The molecule has 10 heteroatoms. The molecule has 2 aromatic carbocycles. The summed E-state index contributed by atoms with van der Waals surface area (Å²) in [6.07, 6.45) is 4.10. The van der Waals surface area contributed by atoms with Crippen LogP contribution in [0.5, 0.6) is 5.75 Å². The van der Waals surface area contributed by atoms with Gasteiger partial charge in [0.1, 0.15) is 16.8 Å². The second-order valence-electron chi connectivity index (χ2n) is 9.24. The van der Waals surface area contributed by atoms with Crippen LogP contribution in [0, 0.1) is 18.3 Å². The van der Waals surface area contributed by atoms with E-state index in [1.165, 1.54) is 33.5 Å². The van der Waals surface area contributed by atoms with E-state index < -0.39 is 0 Å². The summed E-state index contributed by atoms with van der Waals surface area (Å²) >= 11 is 2.85. The Bertz CT molecular complexity index is 1490. The number of anilines is 2. The normalized spacial score (nSPS) is 12.4. The first-order chi connectivity index (χ1) is 19.1. The van der Waals surface area contributed by atoms with Crippen molar-refractivity contribution in [1.82, 2.24) is 14.8 Å². The van der Waals surface area contributed by atoms with Crippen molar-refractivity contribution in [3.05, 3.63) is 75.9 Å². The first-order valence-corrected chi connectivity index (χ1v) is 14.8. The van der Waals surface area contributed by atoms with Crippen molar-refractivity contribution in [3.8, 4) is 17.5 Å². The molecule has 0 radical (unpaired) electrons. The minimum absolute atomic E-state index is 0.147. The van der Waals surface area contributed by atoms with Gasteiger partial charge < -0.3 is 15.4 Å². The van der Waals surface area contributed by atoms with E-state index in [2.05, 4.69) is 46.0 Å². The molecule has 0 spiro atoms. The van der Waals surface area contributed by atoms with Gasteiger partial charge in [0.2, 0.25) is 5.91 Å². The molecule has 0 fully saturated rings. The Morgan fingerprint density at radius 2 is 1.90 bits per heavy atom. The highest BCUT2D eigenvalue weighted by atomic mass is 32.2. The SMILES string of the molecule is CCOc1ccc(-n2c(CNc3ccc(C)cc3)nnc2SCC(=O)Nc2sc3c(c2C#N)CCCC3)cc1. The van der Waals surface area contributed by atoms with Crippen LogP contribution >= 0.6 is 23.1 Å². The number of nitrogens with zero attached hydrogens (tertiary/aromatic N) is 4. The maximum atomic E-state index is 13.0. The number of rotatable bonds is 10. The third-order valence-electron chi connectivity index (χ3n) is 6.48. The summed E-state index contributed by atoms with van der Waals surface area (Å²) in [7, 11) is 0. The number of benzene rings is 2. The van der Waals surface area contributed by atoms with Gasteiger partial charge in [-0.1, -0.05) is 29.5 Å². The van der Waals surface area contributed by atoms with E-state index in [0.29, 0.717) is 28.9 Å². The van der Waals surface area contributed by atoms with Crippen LogP contribution < -0.4 is 15.4 Å². The highest BCUT2D eigenvalue weighted by Crippen LogP contribution is 2.37. The lowest BCUT2D eigenvalue weighted by atomic mass is 9.96. The number of carbonyl (C=O) groups is 1. The summed E-state index contributed by atoms with van der Waals surface area (Å²) < 4.78 is 7.56. The Hall–Kier alpha value is -3.81. The van der Waals surface area contributed by atoms with Crippen LogP contribution in [0.4, 0.5) is 10.7 Å². The molecule has 2 heterocycles. The molecule has 4 aromatic rings. The Kier molecular flexibility index (Phi) is 8.49. The highest BCUT2D eigenvalue weighted by Gasteiger charge is 2.22. The number of amides is 1. The summed E-state index contributed by atoms with van der Waals surface area (Å²) in [5.74, 6) is 1.48. The Morgan fingerprint density at radius 3 is 2.64 bits per heavy atom. The van der Waals surface area contributed by atoms with Crippen molar-refractivity contribution < 1.29 is 9.53 Å². The molecule has 1 aliphatic carbocycles. The fourth-order valence-electron chi connectivity index (χ4n) is 4.54. The molecule has 0 saturated heterocycles. The number of thioether (sulfide) groups is 1. The number of aromatic nitrogens is 3. The number of aryl methyl sites for hydroxylation is 2. The molecule has 39 heavy (non-hydrogen) atoms. The monoisotopic (exact) mass is 558 g/mol. The van der Waals surface area contributed by atoms with Crippen LogP contribution in [0.15, 0.2) is 53.7 Å². The third-order valence-corrected chi connectivity index (χ3v) is 8.61. The molecular weight excluding hydrogens is 528 g/mol. The average molecular weight is 559 g/mol. The number of hydrogen-bond donors (Lipinski definition) is 2. The van der Waals surface area contributed by atoms with E-state index in [1.54, 1.807) is 0 Å². The standard InChI is InChI=1S/C29H30N6O2S2/c1-3-37-22-14-12-21(13-15-22)35-26(17-31-20-10-8-19(2)9-11-20)33-34-29(35)38-18-27(36)32-28-24(16-30)23-6-4-5-7-25(23)39-28/h8-15,31H,3-7,17-18H2,1-2H3,(H,32,36). The first-order valence-electron chi connectivity index (χ1n) is 13.0. The predicted octanol–water partition coefficient (Wildman–Crippen LogP) is 6.13. The van der Waals surface area contributed by atoms with E-state index in [9.17, 15) is 10.1 Å². The molecule has 5 rings (SSSR count). The maximum absolute atomic E-state index is 13.0. The Balaban J connectivity index is 1.33. The van der Waals surface area contributed by atoms with Gasteiger partial charge in [-0.25, -0.2) is 0 Å². The second kappa shape index (κ2) is 12.4. The maximum Gasteiger partial charge on any atom is 0.235 e. The van der Waals surface area contributed by atoms with Gasteiger partial charge in [-0.15, -0.1) is 21.5 Å². The molecule has 200 valence electrons. The summed E-state index contributed by atoms with van der Waals surface area (Å²) in [5, 5.41) is 26.2. The van der Waals surface area contributed by atoms with Crippen molar-refractivity contribution >= 4 is 39.7 Å². The van der Waals surface area contributed by atoms with Crippen molar-refractivity contribution in [3.63, 3.8) is 0 Å². The van der Waals surface area contributed by atoms with Crippen LogP contribution in [0.2, 0.25) is 0 Å². The molecule has 0 bridgehead atoms. The van der Waals surface area contributed by atoms with E-state index in [-0.39, 0.29) is 11.7 Å². The number of nitrogens with one attached hydrogen (secondary N) is 2. The molecular formula is C29H30N6O2S2. The molecule has 0 saturated carbocycles. The smallest absolute Gasteiger partial charge is 0.235 e. The molecule has 0 unspecified atom stereocenters. The van der Waals surface area contributed by atoms with E-state index in [4.69, 9.17) is 4.74 Å². The van der Waals surface area contributed by atoms with Crippen molar-refractivity contribution in [2.24, 2.45) is 0 Å². The summed E-state index contributed by atoms with van der Waals surface area (Å²) in [4.78, 5) is 14.2. The molecule has 2 aromatic heterocycles. The minimum atomic E-state index is -0.171. The molecule has 2 N–H and O–H groups in total. The predicted molar refractivity (Wildman–Crippen MR) is 156 cm³/mol. The van der Waals surface area contributed by atoms with Gasteiger partial charge in [0.25, 0.3) is 0 Å². The minimum Gasteiger partial charge on any atom is -0.494 e. The Labute approximate surface area is 236 Å². The van der Waals surface area contributed by atoms with Gasteiger partial charge in [0, 0.05) is 16.3 Å². The highest BCUT2D eigenvalue weighted by molar-refractivity contribution is 7.99. The van der Waals surface area contributed by atoms with E-state index >= 15 is 0 Å². The van der Waals surface area contributed by atoms with Gasteiger partial charge in [0.05, 0.1) is 24.5 Å². The van der Waals surface area contributed by atoms with Crippen molar-refractivity contribution in [1.29, 1.82) is 5.26 Å². The topological polar surface area (TPSA) is 105 Å². The molecule has 0 atom stereocenters. The lowest BCUT2D eigenvalue weighted by Gasteiger charge is -2.12. The second-order valence-corrected chi connectivity index (χ2v) is 11.3. The van der Waals surface area contributed by atoms with Gasteiger partial charge in [0.15, 0.2) is 11.0 Å². The fourth-order valence-corrected chi connectivity index (χ4v) is 6.57. The Morgan fingerprint density at radius 1 is 1.13 bits per heavy atom. The molecule has 0 aliphatic heterocycles. The zero-order valence-corrected chi connectivity index (χ0v) is 23.6. The van der Waals surface area contributed by atoms with Gasteiger partial charge >= 0.3 is 0 Å². The van der Waals surface area contributed by atoms with Crippen LogP contribution in [-0.2, 0) is 24.2 Å². The van der Waals surface area contributed by atoms with E-state index in [1.807, 2.05) is 47.9 Å². The largest absolute Gasteiger partial charge is 0.494 e. The summed E-state index contributed by atoms with van der Waals surface area (Å²) in [6, 6.07) is 18.2. The average Bonchev–Trinajstić information content (AvgIpc) is 3.52. The quantitative estimate of drug-likeness (QED) is 0.226. The molecule has 1 amide bonds. The van der Waals surface area contributed by atoms with Crippen LogP contribution in [0.3, 0.4) is 0 Å². The summed E-state index contributed by atoms with van der Waals surface area (Å²) in [5.41, 5.74) is 4.79. The molecule has 8 nitrogen and oxygen atoms in total.